The Kier molecular flexibility index (Phi) is 15.5. The molecule has 0 saturated carbocycles. The van der Waals surface area contributed by atoms with Crippen LogP contribution in [0.4, 0.5) is 8.78 Å². The molecule has 0 bridgehead atoms. The second-order valence-corrected chi connectivity index (χ2v) is 16.5. The molecular weight excluding hydrogens is 763 g/mol. The standard InChI is InChI=1S/C40H52F2N6O8S/c1-39(2,3)35(31-18-26(28-19-27(41)10-11-29(28)42)22-46(31)21-25-8-6-5-7-9-25)47(34(51)23-49)14-12-30(43)36(52)45-13-16-56-17-15-48-33(50)20-32(37(48)53)57-24-40(4,44)38(54)55/h5-11,18-19,22,30,32,35,49H,12-17,20-21,23-24,43-44H2,1-4H3,(H,45,52)(H,54,55)/t30-,32?,35-,40+/m0/s1. The number of nitrogens with zero attached hydrogens (tertiary/aromatic N) is 3. The predicted molar refractivity (Wildman–Crippen MR) is 211 cm³/mol. The first kappa shape index (κ1) is 45.0. The van der Waals surface area contributed by atoms with E-state index in [2.05, 4.69) is 5.32 Å². The lowest BCUT2D eigenvalue weighted by molar-refractivity contribution is -0.142. The van der Waals surface area contributed by atoms with E-state index in [1.165, 1.54) is 11.8 Å². The number of thioether (sulfide) groups is 1. The highest BCUT2D eigenvalue weighted by Gasteiger charge is 2.41. The lowest BCUT2D eigenvalue weighted by atomic mass is 9.82. The van der Waals surface area contributed by atoms with Crippen molar-refractivity contribution in [1.82, 2.24) is 19.7 Å². The number of hydrogen-bond acceptors (Lipinski definition) is 10. The molecule has 310 valence electrons. The minimum Gasteiger partial charge on any atom is -0.480 e. The van der Waals surface area contributed by atoms with Crippen molar-refractivity contribution in [1.29, 1.82) is 0 Å². The zero-order valence-corrected chi connectivity index (χ0v) is 33.4. The van der Waals surface area contributed by atoms with E-state index < -0.39 is 76.1 Å². The van der Waals surface area contributed by atoms with Crippen LogP contribution in [0.25, 0.3) is 11.1 Å². The number of carboxylic acid groups (broad SMARTS) is 1. The summed E-state index contributed by atoms with van der Waals surface area (Å²) in [6.45, 7) is 6.68. The van der Waals surface area contributed by atoms with Gasteiger partial charge in [-0.25, -0.2) is 8.78 Å². The van der Waals surface area contributed by atoms with Gasteiger partial charge in [-0.15, -0.1) is 11.8 Å². The number of likely N-dealkylation sites (tertiary alicyclic amines) is 1. The zero-order chi connectivity index (χ0) is 42.1. The fraction of sp³-hybridized carbons (Fsp3) is 0.475. The van der Waals surface area contributed by atoms with Gasteiger partial charge in [0.05, 0.1) is 37.1 Å². The minimum absolute atomic E-state index is 0.00646. The van der Waals surface area contributed by atoms with Gasteiger partial charge in [0.1, 0.15) is 23.8 Å². The van der Waals surface area contributed by atoms with E-state index >= 15 is 4.39 Å². The molecule has 7 N–H and O–H groups in total. The molecule has 3 aromatic rings. The molecule has 2 aromatic carbocycles. The number of aromatic nitrogens is 1. The first-order chi connectivity index (χ1) is 26.8. The van der Waals surface area contributed by atoms with E-state index in [0.29, 0.717) is 17.8 Å². The summed E-state index contributed by atoms with van der Waals surface area (Å²) in [6.07, 6.45) is 1.66. The van der Waals surface area contributed by atoms with Gasteiger partial charge in [0.2, 0.25) is 23.6 Å². The number of rotatable bonds is 20. The summed E-state index contributed by atoms with van der Waals surface area (Å²) in [6, 6.07) is 12.6. The fourth-order valence-electron chi connectivity index (χ4n) is 6.50. The molecule has 1 aliphatic rings. The topological polar surface area (TPSA) is 211 Å². The highest BCUT2D eigenvalue weighted by atomic mass is 32.2. The van der Waals surface area contributed by atoms with Crippen molar-refractivity contribution in [3.63, 3.8) is 0 Å². The van der Waals surface area contributed by atoms with E-state index in [0.717, 1.165) is 40.4 Å². The van der Waals surface area contributed by atoms with E-state index in [1.807, 2.05) is 55.7 Å². The van der Waals surface area contributed by atoms with Crippen LogP contribution in [0.5, 0.6) is 0 Å². The smallest absolute Gasteiger partial charge is 0.324 e. The van der Waals surface area contributed by atoms with Crippen molar-refractivity contribution >= 4 is 41.4 Å². The molecule has 1 fully saturated rings. The number of carbonyl (C=O) groups excluding carboxylic acids is 4. The number of nitrogens with two attached hydrogens (primary N) is 2. The van der Waals surface area contributed by atoms with Crippen molar-refractivity contribution in [3.05, 3.63) is 83.7 Å². The first-order valence-corrected chi connectivity index (χ1v) is 19.6. The molecule has 4 atom stereocenters. The molecule has 4 rings (SSSR count). The van der Waals surface area contributed by atoms with Crippen LogP contribution in [0.15, 0.2) is 60.8 Å². The third kappa shape index (κ3) is 11.9. The van der Waals surface area contributed by atoms with Gasteiger partial charge in [0.25, 0.3) is 0 Å². The van der Waals surface area contributed by atoms with Crippen LogP contribution in [-0.4, -0.2) is 116 Å². The van der Waals surface area contributed by atoms with Gasteiger partial charge in [-0.05, 0) is 48.6 Å². The predicted octanol–water partition coefficient (Wildman–Crippen LogP) is 2.90. The summed E-state index contributed by atoms with van der Waals surface area (Å²) in [4.78, 5) is 65.3. The number of amides is 4. The maximum atomic E-state index is 15.0. The summed E-state index contributed by atoms with van der Waals surface area (Å²) < 4.78 is 36.7. The molecule has 1 aromatic heterocycles. The van der Waals surface area contributed by atoms with E-state index in [4.69, 9.17) is 16.2 Å². The molecule has 14 nitrogen and oxygen atoms in total. The number of carboxylic acids is 1. The van der Waals surface area contributed by atoms with Gasteiger partial charge in [-0.2, -0.15) is 0 Å². The van der Waals surface area contributed by atoms with Crippen LogP contribution in [0.2, 0.25) is 0 Å². The second kappa shape index (κ2) is 19.7. The number of ether oxygens (including phenoxy) is 1. The van der Waals surface area contributed by atoms with Crippen molar-refractivity contribution in [2.24, 2.45) is 16.9 Å². The largest absolute Gasteiger partial charge is 0.480 e. The Morgan fingerprint density at radius 2 is 1.77 bits per heavy atom. The molecule has 57 heavy (non-hydrogen) atoms. The summed E-state index contributed by atoms with van der Waals surface area (Å²) in [7, 11) is 0. The summed E-state index contributed by atoms with van der Waals surface area (Å²) >= 11 is 1.02. The molecular formula is C40H52F2N6O8S. The summed E-state index contributed by atoms with van der Waals surface area (Å²) in [5, 5.41) is 21.2. The van der Waals surface area contributed by atoms with Gasteiger partial charge in [0.15, 0.2) is 0 Å². The van der Waals surface area contributed by atoms with Crippen LogP contribution in [0.3, 0.4) is 0 Å². The van der Waals surface area contributed by atoms with Crippen LogP contribution >= 0.6 is 11.8 Å². The lowest BCUT2D eigenvalue weighted by Crippen LogP contribution is -2.48. The SMILES string of the molecule is CC(C)(C)[C@H](c1cc(-c2cc(F)ccc2F)cn1Cc1ccccc1)N(CC[C@H](N)C(=O)NCCOCCN1C(=O)CC(SC[C@@](C)(N)C(=O)O)C1=O)C(=O)CO. The molecule has 0 spiro atoms. The van der Waals surface area contributed by atoms with Crippen LogP contribution in [0.1, 0.15) is 57.8 Å². The normalized spacial score (nSPS) is 16.6. The van der Waals surface area contributed by atoms with Crippen molar-refractivity contribution in [2.75, 3.05) is 45.2 Å². The fourth-order valence-corrected chi connectivity index (χ4v) is 7.70. The molecule has 4 amide bonds. The van der Waals surface area contributed by atoms with E-state index in [-0.39, 0.29) is 57.0 Å². The van der Waals surface area contributed by atoms with E-state index in [1.54, 1.807) is 12.3 Å². The Labute approximate surface area is 334 Å². The van der Waals surface area contributed by atoms with Gasteiger partial charge in [-0.1, -0.05) is 51.1 Å². The number of aliphatic carboxylic acids is 1. The number of imide groups is 1. The maximum absolute atomic E-state index is 15.0. The zero-order valence-electron chi connectivity index (χ0n) is 32.6. The average molecular weight is 815 g/mol. The first-order valence-electron chi connectivity index (χ1n) is 18.5. The van der Waals surface area contributed by atoms with Gasteiger partial charge in [0, 0.05) is 54.8 Å². The number of carbonyl (C=O) groups is 5. The Bertz CT molecular complexity index is 1900. The number of hydrogen-bond donors (Lipinski definition) is 5. The van der Waals surface area contributed by atoms with Gasteiger partial charge < -0.3 is 41.2 Å². The monoisotopic (exact) mass is 814 g/mol. The molecule has 1 unspecified atom stereocenters. The van der Waals surface area contributed by atoms with Gasteiger partial charge in [-0.3, -0.25) is 28.9 Å². The third-order valence-corrected chi connectivity index (χ3v) is 11.1. The Morgan fingerprint density at radius 3 is 2.42 bits per heavy atom. The van der Waals surface area contributed by atoms with Crippen LogP contribution in [-0.2, 0) is 35.3 Å². The molecule has 1 saturated heterocycles. The van der Waals surface area contributed by atoms with E-state index in [9.17, 15) is 38.6 Å². The minimum atomic E-state index is -1.54. The highest BCUT2D eigenvalue weighted by molar-refractivity contribution is 8.00. The summed E-state index contributed by atoms with van der Waals surface area (Å²) in [5.74, 6) is -4.45. The quantitative estimate of drug-likeness (QED) is 0.0828. The maximum Gasteiger partial charge on any atom is 0.324 e. The molecule has 1 aliphatic heterocycles. The summed E-state index contributed by atoms with van der Waals surface area (Å²) in [5.41, 5.74) is 11.8. The Hall–Kier alpha value is -4.68. The lowest BCUT2D eigenvalue weighted by Gasteiger charge is -2.41. The number of aliphatic hydroxyl groups is 1. The second-order valence-electron chi connectivity index (χ2n) is 15.3. The Balaban J connectivity index is 1.38. The van der Waals surface area contributed by atoms with Gasteiger partial charge >= 0.3 is 5.97 Å². The number of benzene rings is 2. The number of halogens is 2. The van der Waals surface area contributed by atoms with Crippen molar-refractivity contribution in [3.8, 4) is 11.1 Å². The molecule has 2 heterocycles. The van der Waals surface area contributed by atoms with Crippen molar-refractivity contribution in [2.45, 2.75) is 70.0 Å². The van der Waals surface area contributed by atoms with Crippen LogP contribution < -0.4 is 16.8 Å². The molecule has 17 heteroatoms. The Morgan fingerprint density at radius 1 is 1.07 bits per heavy atom. The molecule has 0 aliphatic carbocycles. The van der Waals surface area contributed by atoms with Crippen molar-refractivity contribution < 1.29 is 47.7 Å². The average Bonchev–Trinajstić information content (AvgIpc) is 3.68. The third-order valence-electron chi connectivity index (χ3n) is 9.53. The number of nitrogens with one attached hydrogen (secondary N) is 1. The van der Waals surface area contributed by atoms with Crippen LogP contribution in [0, 0.1) is 17.0 Å². The molecule has 0 radical (unpaired) electrons. The number of aliphatic hydroxyl groups excluding tert-OH is 1. The highest BCUT2D eigenvalue weighted by Crippen LogP contribution is 2.41.